The largest absolute Gasteiger partial charge is 0.386 e. The van der Waals surface area contributed by atoms with Crippen LogP contribution in [0.1, 0.15) is 11.7 Å². The van der Waals surface area contributed by atoms with Crippen molar-refractivity contribution in [2.45, 2.75) is 12.6 Å². The van der Waals surface area contributed by atoms with E-state index < -0.39 is 11.0 Å². The predicted octanol–water partition coefficient (Wildman–Crippen LogP) is 3.25. The predicted molar refractivity (Wildman–Crippen MR) is 83.6 cm³/mol. The van der Waals surface area contributed by atoms with Gasteiger partial charge in [-0.3, -0.25) is 14.8 Å². The van der Waals surface area contributed by atoms with Crippen molar-refractivity contribution < 1.29 is 10.0 Å². The highest BCUT2D eigenvalue weighted by Crippen LogP contribution is 2.22. The summed E-state index contributed by atoms with van der Waals surface area (Å²) in [6.45, 7) is 0.241. The Kier molecular flexibility index (Phi) is 3.99. The van der Waals surface area contributed by atoms with Crippen molar-refractivity contribution in [2.24, 2.45) is 0 Å². The molecule has 2 aromatic heterocycles. The Morgan fingerprint density at radius 2 is 2.23 bits per heavy atom. The fraction of sp³-hybridized carbons (Fsp3) is 0.133. The minimum Gasteiger partial charge on any atom is -0.386 e. The number of nitro benzene ring substituents is 1. The van der Waals surface area contributed by atoms with E-state index in [9.17, 15) is 15.2 Å². The molecule has 0 amide bonds. The molecule has 0 aliphatic carbocycles. The number of aliphatic hydroxyl groups excluding tert-OH is 1. The standard InChI is InChI=1S/C15H13N3O3S/c19-15(11-2-1-3-13(8-11)18(20)21)9-17-6-4-14(16-17)12-5-7-22-10-12/h1-8,10,15,19H,9H2/t15-/m1/s1. The lowest BCUT2D eigenvalue weighted by Gasteiger charge is -2.10. The van der Waals surface area contributed by atoms with Gasteiger partial charge in [0.25, 0.3) is 5.69 Å². The van der Waals surface area contributed by atoms with E-state index in [2.05, 4.69) is 5.10 Å². The van der Waals surface area contributed by atoms with E-state index in [0.717, 1.165) is 11.3 Å². The molecule has 1 atom stereocenters. The number of aliphatic hydroxyl groups is 1. The van der Waals surface area contributed by atoms with Crippen LogP contribution in [-0.2, 0) is 6.54 Å². The fourth-order valence-corrected chi connectivity index (χ4v) is 2.81. The normalized spacial score (nSPS) is 12.2. The van der Waals surface area contributed by atoms with Crippen LogP contribution in [0.2, 0.25) is 0 Å². The van der Waals surface area contributed by atoms with Gasteiger partial charge in [-0.1, -0.05) is 12.1 Å². The molecule has 22 heavy (non-hydrogen) atoms. The van der Waals surface area contributed by atoms with Crippen molar-refractivity contribution in [2.75, 3.05) is 0 Å². The van der Waals surface area contributed by atoms with Gasteiger partial charge >= 0.3 is 0 Å². The summed E-state index contributed by atoms with van der Waals surface area (Å²) in [6.07, 6.45) is 0.934. The molecule has 112 valence electrons. The molecule has 0 aliphatic rings. The molecule has 7 heteroatoms. The molecule has 3 aromatic rings. The maximum absolute atomic E-state index is 10.8. The molecular weight excluding hydrogens is 302 g/mol. The Balaban J connectivity index is 1.75. The maximum atomic E-state index is 10.8. The summed E-state index contributed by atoms with van der Waals surface area (Å²) in [5.41, 5.74) is 2.35. The fourth-order valence-electron chi connectivity index (χ4n) is 2.16. The number of benzene rings is 1. The van der Waals surface area contributed by atoms with Crippen molar-refractivity contribution in [3.8, 4) is 11.3 Å². The van der Waals surface area contributed by atoms with Gasteiger partial charge in [-0.05, 0) is 23.1 Å². The Hall–Kier alpha value is -2.51. The molecule has 0 saturated carbocycles. The van der Waals surface area contributed by atoms with Gasteiger partial charge in [-0.25, -0.2) is 0 Å². The van der Waals surface area contributed by atoms with Crippen LogP contribution in [-0.4, -0.2) is 19.8 Å². The summed E-state index contributed by atoms with van der Waals surface area (Å²) in [5.74, 6) is 0. The number of thiophene rings is 1. The van der Waals surface area contributed by atoms with Crippen molar-refractivity contribution in [1.29, 1.82) is 0 Å². The lowest BCUT2D eigenvalue weighted by Crippen LogP contribution is -2.09. The molecule has 2 heterocycles. The third-order valence-corrected chi connectivity index (χ3v) is 3.97. The number of non-ortho nitro benzene ring substituents is 1. The zero-order chi connectivity index (χ0) is 15.5. The van der Waals surface area contributed by atoms with E-state index in [0.29, 0.717) is 5.56 Å². The van der Waals surface area contributed by atoms with Gasteiger partial charge in [-0.15, -0.1) is 0 Å². The number of nitro groups is 1. The summed E-state index contributed by atoms with van der Waals surface area (Å²) < 4.78 is 1.64. The summed E-state index contributed by atoms with van der Waals surface area (Å²) in [5, 5.41) is 29.4. The Morgan fingerprint density at radius 1 is 1.36 bits per heavy atom. The Morgan fingerprint density at radius 3 is 2.95 bits per heavy atom. The molecule has 1 aromatic carbocycles. The molecule has 0 spiro atoms. The summed E-state index contributed by atoms with van der Waals surface area (Å²) in [4.78, 5) is 10.3. The number of nitrogens with zero attached hydrogens (tertiary/aromatic N) is 3. The minimum atomic E-state index is -0.852. The van der Waals surface area contributed by atoms with E-state index in [1.54, 1.807) is 34.3 Å². The van der Waals surface area contributed by atoms with E-state index in [-0.39, 0.29) is 12.2 Å². The van der Waals surface area contributed by atoms with Crippen LogP contribution in [0.4, 0.5) is 5.69 Å². The molecule has 0 unspecified atom stereocenters. The highest BCUT2D eigenvalue weighted by atomic mass is 32.1. The third kappa shape index (κ3) is 3.05. The third-order valence-electron chi connectivity index (χ3n) is 3.28. The molecule has 3 rings (SSSR count). The summed E-state index contributed by atoms with van der Waals surface area (Å²) in [6, 6.07) is 9.88. The van der Waals surface area contributed by atoms with Gasteiger partial charge in [0.1, 0.15) is 0 Å². The number of hydrogen-bond acceptors (Lipinski definition) is 5. The quantitative estimate of drug-likeness (QED) is 0.579. The van der Waals surface area contributed by atoms with Crippen LogP contribution in [0.5, 0.6) is 0 Å². The second-order valence-electron chi connectivity index (χ2n) is 4.80. The van der Waals surface area contributed by atoms with Gasteiger partial charge < -0.3 is 5.11 Å². The molecule has 0 bridgehead atoms. The zero-order valence-corrected chi connectivity index (χ0v) is 12.3. The number of aromatic nitrogens is 2. The molecule has 0 aliphatic heterocycles. The molecule has 0 fully saturated rings. The highest BCUT2D eigenvalue weighted by Gasteiger charge is 2.14. The number of rotatable bonds is 5. The maximum Gasteiger partial charge on any atom is 0.269 e. The first kappa shape index (κ1) is 14.4. The van der Waals surface area contributed by atoms with Crippen LogP contribution in [0.3, 0.4) is 0 Å². The lowest BCUT2D eigenvalue weighted by molar-refractivity contribution is -0.385. The molecule has 0 radical (unpaired) electrons. The first-order chi connectivity index (χ1) is 10.6. The van der Waals surface area contributed by atoms with E-state index in [1.165, 1.54) is 12.1 Å². The SMILES string of the molecule is O=[N+]([O-])c1cccc([C@H](O)Cn2ccc(-c3ccsc3)n2)c1. The van der Waals surface area contributed by atoms with Crippen LogP contribution in [0.15, 0.2) is 53.4 Å². The van der Waals surface area contributed by atoms with Gasteiger partial charge in [0, 0.05) is 29.3 Å². The first-order valence-electron chi connectivity index (χ1n) is 6.62. The van der Waals surface area contributed by atoms with Crippen LogP contribution < -0.4 is 0 Å². The van der Waals surface area contributed by atoms with Crippen molar-refractivity contribution in [3.05, 3.63) is 69.0 Å². The lowest BCUT2D eigenvalue weighted by atomic mass is 10.1. The topological polar surface area (TPSA) is 81.2 Å². The minimum absolute atomic E-state index is 0.0315. The van der Waals surface area contributed by atoms with E-state index in [4.69, 9.17) is 0 Å². The molecule has 1 N–H and O–H groups in total. The summed E-state index contributed by atoms with van der Waals surface area (Å²) in [7, 11) is 0. The van der Waals surface area contributed by atoms with Gasteiger partial charge in [0.15, 0.2) is 0 Å². The highest BCUT2D eigenvalue weighted by molar-refractivity contribution is 7.08. The van der Waals surface area contributed by atoms with E-state index in [1.807, 2.05) is 22.9 Å². The van der Waals surface area contributed by atoms with Gasteiger partial charge in [-0.2, -0.15) is 16.4 Å². The van der Waals surface area contributed by atoms with E-state index >= 15 is 0 Å². The monoisotopic (exact) mass is 315 g/mol. The summed E-state index contributed by atoms with van der Waals surface area (Å²) >= 11 is 1.60. The molecule has 6 nitrogen and oxygen atoms in total. The van der Waals surface area contributed by atoms with Crippen molar-refractivity contribution in [1.82, 2.24) is 9.78 Å². The van der Waals surface area contributed by atoms with Crippen LogP contribution in [0.25, 0.3) is 11.3 Å². The zero-order valence-electron chi connectivity index (χ0n) is 11.5. The average molecular weight is 315 g/mol. The van der Waals surface area contributed by atoms with Gasteiger partial charge in [0.05, 0.1) is 23.3 Å². The smallest absolute Gasteiger partial charge is 0.269 e. The first-order valence-corrected chi connectivity index (χ1v) is 7.56. The Bertz CT molecular complexity index is 783. The van der Waals surface area contributed by atoms with Gasteiger partial charge in [0.2, 0.25) is 0 Å². The number of hydrogen-bond donors (Lipinski definition) is 1. The molecular formula is C15H13N3O3S. The van der Waals surface area contributed by atoms with Crippen LogP contribution >= 0.6 is 11.3 Å². The van der Waals surface area contributed by atoms with Crippen molar-refractivity contribution >= 4 is 17.0 Å². The van der Waals surface area contributed by atoms with Crippen LogP contribution in [0, 0.1) is 10.1 Å². The second-order valence-corrected chi connectivity index (χ2v) is 5.58. The van der Waals surface area contributed by atoms with Crippen molar-refractivity contribution in [3.63, 3.8) is 0 Å². The average Bonchev–Trinajstić information content (AvgIpc) is 3.18. The Labute approximate surface area is 130 Å². The molecule has 0 saturated heterocycles. The second kappa shape index (κ2) is 6.08.